The summed E-state index contributed by atoms with van der Waals surface area (Å²) in [4.78, 5) is 21.2. The van der Waals surface area contributed by atoms with Gasteiger partial charge in [-0.1, -0.05) is 12.1 Å². The lowest BCUT2D eigenvalue weighted by Gasteiger charge is -2.28. The summed E-state index contributed by atoms with van der Waals surface area (Å²) in [6.45, 7) is 2.77. The van der Waals surface area contributed by atoms with E-state index >= 15 is 0 Å². The van der Waals surface area contributed by atoms with Gasteiger partial charge in [-0.25, -0.2) is 28.4 Å². The van der Waals surface area contributed by atoms with Crippen molar-refractivity contribution in [3.63, 3.8) is 0 Å². The van der Waals surface area contributed by atoms with Gasteiger partial charge in [-0.05, 0) is 23.8 Å². The minimum atomic E-state index is -3.29. The molecule has 5 rings (SSSR count). The van der Waals surface area contributed by atoms with E-state index in [2.05, 4.69) is 14.9 Å². The summed E-state index contributed by atoms with van der Waals surface area (Å²) in [5.74, 6) is 1.41. The van der Waals surface area contributed by atoms with Crippen molar-refractivity contribution in [3.8, 4) is 21.8 Å². The fourth-order valence-corrected chi connectivity index (χ4v) is 5.25. The zero-order chi connectivity index (χ0) is 21.4. The molecule has 4 heterocycles. The number of sulfone groups is 1. The van der Waals surface area contributed by atoms with Gasteiger partial charge in [0.15, 0.2) is 21.5 Å². The molecule has 0 amide bonds. The number of fused-ring (bicyclic) bond motifs is 1. The van der Waals surface area contributed by atoms with Gasteiger partial charge in [-0.15, -0.1) is 11.3 Å². The van der Waals surface area contributed by atoms with Crippen LogP contribution in [0.4, 0.5) is 5.82 Å². The van der Waals surface area contributed by atoms with Crippen molar-refractivity contribution in [2.45, 2.75) is 4.90 Å². The number of morpholine rings is 1. The van der Waals surface area contributed by atoms with Crippen LogP contribution in [0.25, 0.3) is 32.0 Å². The third kappa shape index (κ3) is 4.01. The van der Waals surface area contributed by atoms with Gasteiger partial charge in [0.1, 0.15) is 6.33 Å². The molecular formula is C21H19N5O3S2. The van der Waals surface area contributed by atoms with Crippen LogP contribution in [-0.4, -0.2) is 60.9 Å². The van der Waals surface area contributed by atoms with Crippen molar-refractivity contribution in [3.05, 3.63) is 49.1 Å². The summed E-state index contributed by atoms with van der Waals surface area (Å²) in [5.41, 5.74) is 2.38. The van der Waals surface area contributed by atoms with Crippen molar-refractivity contribution in [2.24, 2.45) is 0 Å². The fraction of sp³-hybridized carbons (Fsp3) is 0.238. The van der Waals surface area contributed by atoms with E-state index in [1.54, 1.807) is 41.9 Å². The Balaban J connectivity index is 1.68. The van der Waals surface area contributed by atoms with Gasteiger partial charge in [0.25, 0.3) is 0 Å². The number of hydrogen-bond donors (Lipinski definition) is 0. The van der Waals surface area contributed by atoms with E-state index in [9.17, 15) is 8.42 Å². The van der Waals surface area contributed by atoms with Crippen LogP contribution in [0.15, 0.2) is 53.9 Å². The standard InChI is InChI=1S/C21H19N5O3S2/c1-31(27,28)16-4-2-3-14(9-16)18-10-17-19(30-18)21(26-5-7-29-8-6-26)25-20(24-17)15-11-22-13-23-12-15/h2-4,9-13H,5-8H2,1H3. The lowest BCUT2D eigenvalue weighted by atomic mass is 10.2. The highest BCUT2D eigenvalue weighted by atomic mass is 32.2. The van der Waals surface area contributed by atoms with E-state index in [-0.39, 0.29) is 0 Å². The molecule has 3 aromatic heterocycles. The third-order valence-corrected chi connectivity index (χ3v) is 7.31. The van der Waals surface area contributed by atoms with Crippen molar-refractivity contribution >= 4 is 37.2 Å². The van der Waals surface area contributed by atoms with Crippen molar-refractivity contribution in [2.75, 3.05) is 37.5 Å². The van der Waals surface area contributed by atoms with Gasteiger partial charge < -0.3 is 9.64 Å². The summed E-state index contributed by atoms with van der Waals surface area (Å²) < 4.78 is 30.5. The topological polar surface area (TPSA) is 98.2 Å². The van der Waals surface area contributed by atoms with Crippen LogP contribution < -0.4 is 4.90 Å². The number of ether oxygens (including phenoxy) is 1. The maximum atomic E-state index is 12.0. The first-order valence-electron chi connectivity index (χ1n) is 9.69. The second-order valence-corrected chi connectivity index (χ2v) is 10.3. The molecule has 0 aliphatic carbocycles. The molecule has 4 aromatic rings. The minimum absolute atomic E-state index is 0.295. The fourth-order valence-electron chi connectivity index (χ4n) is 3.47. The number of benzene rings is 1. The lowest BCUT2D eigenvalue weighted by Crippen LogP contribution is -2.36. The average molecular weight is 454 g/mol. The van der Waals surface area contributed by atoms with Crippen LogP contribution in [0, 0.1) is 0 Å². The lowest BCUT2D eigenvalue weighted by molar-refractivity contribution is 0.122. The maximum absolute atomic E-state index is 12.0. The molecule has 0 unspecified atom stereocenters. The van der Waals surface area contributed by atoms with Crippen molar-refractivity contribution in [1.29, 1.82) is 0 Å². The first-order valence-corrected chi connectivity index (χ1v) is 12.4. The van der Waals surface area contributed by atoms with Crippen LogP contribution in [-0.2, 0) is 14.6 Å². The van der Waals surface area contributed by atoms with Gasteiger partial charge in [0.05, 0.1) is 33.9 Å². The molecule has 0 bridgehead atoms. The predicted molar refractivity (Wildman–Crippen MR) is 120 cm³/mol. The molecule has 0 radical (unpaired) electrons. The zero-order valence-electron chi connectivity index (χ0n) is 16.7. The van der Waals surface area contributed by atoms with E-state index in [0.717, 1.165) is 45.1 Å². The molecule has 1 aliphatic rings. The van der Waals surface area contributed by atoms with E-state index in [4.69, 9.17) is 14.7 Å². The molecule has 0 atom stereocenters. The maximum Gasteiger partial charge on any atom is 0.175 e. The first-order chi connectivity index (χ1) is 15.0. The third-order valence-electron chi connectivity index (χ3n) is 5.03. The second-order valence-electron chi connectivity index (χ2n) is 7.22. The predicted octanol–water partition coefficient (Wildman–Crippen LogP) is 3.06. The molecule has 0 saturated carbocycles. The van der Waals surface area contributed by atoms with Gasteiger partial charge in [0.2, 0.25) is 0 Å². The summed E-state index contributed by atoms with van der Waals surface area (Å²) >= 11 is 1.56. The number of hydrogen-bond acceptors (Lipinski definition) is 9. The molecule has 0 spiro atoms. The summed E-state index contributed by atoms with van der Waals surface area (Å²) in [7, 11) is -3.29. The number of nitrogens with zero attached hydrogens (tertiary/aromatic N) is 5. The Labute approximate surface area is 183 Å². The SMILES string of the molecule is CS(=O)(=O)c1cccc(-c2cc3nc(-c4cncnc4)nc(N4CCOCC4)c3s2)c1. The molecular weight excluding hydrogens is 434 g/mol. The molecule has 10 heteroatoms. The second kappa shape index (κ2) is 7.95. The van der Waals surface area contributed by atoms with E-state index in [0.29, 0.717) is 23.9 Å². The van der Waals surface area contributed by atoms with E-state index in [1.807, 2.05) is 12.1 Å². The molecule has 0 N–H and O–H groups in total. The molecule has 1 fully saturated rings. The summed E-state index contributed by atoms with van der Waals surface area (Å²) in [6.07, 6.45) is 6.08. The van der Waals surface area contributed by atoms with Gasteiger partial charge in [-0.2, -0.15) is 0 Å². The van der Waals surface area contributed by atoms with E-state index < -0.39 is 9.84 Å². The summed E-state index contributed by atoms with van der Waals surface area (Å²) in [6, 6.07) is 8.97. The average Bonchev–Trinajstić information content (AvgIpc) is 3.23. The van der Waals surface area contributed by atoms with Gasteiger partial charge >= 0.3 is 0 Å². The monoisotopic (exact) mass is 453 g/mol. The molecule has 8 nitrogen and oxygen atoms in total. The Bertz CT molecular complexity index is 1350. The van der Waals surface area contributed by atoms with Gasteiger partial charge in [0, 0.05) is 36.6 Å². The smallest absolute Gasteiger partial charge is 0.175 e. The normalized spacial score (nSPS) is 14.8. The molecule has 31 heavy (non-hydrogen) atoms. The Kier molecular flexibility index (Phi) is 5.12. The molecule has 1 aliphatic heterocycles. The van der Waals surface area contributed by atoms with Crippen molar-refractivity contribution in [1.82, 2.24) is 19.9 Å². The number of rotatable bonds is 4. The van der Waals surface area contributed by atoms with E-state index in [1.165, 1.54) is 12.6 Å². The quantitative estimate of drug-likeness (QED) is 0.465. The minimum Gasteiger partial charge on any atom is -0.378 e. The molecule has 1 aromatic carbocycles. The molecule has 158 valence electrons. The Morgan fingerprint density at radius 2 is 1.81 bits per heavy atom. The van der Waals surface area contributed by atoms with Crippen LogP contribution in [0.3, 0.4) is 0 Å². The summed E-state index contributed by atoms with van der Waals surface area (Å²) in [5, 5.41) is 0. The van der Waals surface area contributed by atoms with Gasteiger partial charge in [-0.3, -0.25) is 0 Å². The highest BCUT2D eigenvalue weighted by Gasteiger charge is 2.21. The van der Waals surface area contributed by atoms with Crippen LogP contribution in [0.2, 0.25) is 0 Å². The van der Waals surface area contributed by atoms with Crippen LogP contribution in [0.1, 0.15) is 0 Å². The molecule has 1 saturated heterocycles. The van der Waals surface area contributed by atoms with Crippen LogP contribution >= 0.6 is 11.3 Å². The largest absolute Gasteiger partial charge is 0.378 e. The Morgan fingerprint density at radius 3 is 2.55 bits per heavy atom. The Morgan fingerprint density at radius 1 is 1.03 bits per heavy atom. The highest BCUT2D eigenvalue weighted by molar-refractivity contribution is 7.90. The number of thiophene rings is 1. The first kappa shape index (κ1) is 20.0. The van der Waals surface area contributed by atoms with Crippen LogP contribution in [0.5, 0.6) is 0 Å². The Hall–Kier alpha value is -2.95. The highest BCUT2D eigenvalue weighted by Crippen LogP contribution is 2.39. The van der Waals surface area contributed by atoms with Crippen molar-refractivity contribution < 1.29 is 13.2 Å². The number of aromatic nitrogens is 4. The zero-order valence-corrected chi connectivity index (χ0v) is 18.4. The number of anilines is 1.